The van der Waals surface area contributed by atoms with E-state index in [1.165, 1.54) is 0 Å². The Morgan fingerprint density at radius 2 is 1.91 bits per heavy atom. The number of nitrogens with zero attached hydrogens (tertiary/aromatic N) is 3. The second-order valence-corrected chi connectivity index (χ2v) is 4.81. The van der Waals surface area contributed by atoms with Gasteiger partial charge >= 0.3 is 6.18 Å². The lowest BCUT2D eigenvalue weighted by atomic mass is 10.1. The van der Waals surface area contributed by atoms with E-state index in [1.807, 2.05) is 0 Å². The number of aromatic nitrogens is 2. The van der Waals surface area contributed by atoms with Crippen LogP contribution in [0.5, 0.6) is 0 Å². The highest BCUT2D eigenvalue weighted by atomic mass is 35.5. The van der Waals surface area contributed by atoms with Crippen LogP contribution >= 0.6 is 11.6 Å². The van der Waals surface area contributed by atoms with Gasteiger partial charge in [0.2, 0.25) is 5.43 Å². The van der Waals surface area contributed by atoms with Gasteiger partial charge in [-0.2, -0.15) is 18.3 Å². The largest absolute Gasteiger partial charge is 0.433 e. The average molecular weight is 352 g/mol. The number of rotatable bonds is 2. The number of benzene rings is 1. The predicted molar refractivity (Wildman–Crippen MR) is 71.5 cm³/mol. The number of hydrogen-bond donors (Lipinski definition) is 0. The Labute approximate surface area is 130 Å². The zero-order valence-electron chi connectivity index (χ0n) is 11.2. The number of nitro benzene ring substituents is 1. The Morgan fingerprint density at radius 1 is 1.30 bits per heavy atom. The lowest BCUT2D eigenvalue weighted by Gasteiger charge is -2.12. The van der Waals surface area contributed by atoms with E-state index < -0.39 is 50.0 Å². The van der Waals surface area contributed by atoms with Crippen molar-refractivity contribution in [3.63, 3.8) is 0 Å². The molecule has 1 aromatic carbocycles. The van der Waals surface area contributed by atoms with E-state index >= 15 is 0 Å². The van der Waals surface area contributed by atoms with Gasteiger partial charge in [-0.1, -0.05) is 11.6 Å². The van der Waals surface area contributed by atoms with Crippen LogP contribution in [0.1, 0.15) is 5.69 Å². The molecule has 0 aliphatic rings. The molecule has 0 saturated heterocycles. The summed E-state index contributed by atoms with van der Waals surface area (Å²) < 4.78 is 52.3. The molecule has 6 nitrogen and oxygen atoms in total. The number of hydrogen-bond acceptors (Lipinski definition) is 4. The molecule has 0 amide bonds. The first-order chi connectivity index (χ1) is 10.5. The molecule has 0 aliphatic carbocycles. The summed E-state index contributed by atoms with van der Waals surface area (Å²) in [6.45, 7) is 0. The van der Waals surface area contributed by atoms with Crippen molar-refractivity contribution in [2.75, 3.05) is 0 Å². The monoisotopic (exact) mass is 351 g/mol. The minimum atomic E-state index is -4.83. The van der Waals surface area contributed by atoms with Gasteiger partial charge in [0.25, 0.3) is 5.69 Å². The molecule has 1 aromatic heterocycles. The molecule has 0 spiro atoms. The van der Waals surface area contributed by atoms with E-state index in [9.17, 15) is 32.5 Å². The minimum Gasteiger partial charge on any atom is -0.287 e. The first-order valence-electron chi connectivity index (χ1n) is 5.81. The van der Waals surface area contributed by atoms with Crippen molar-refractivity contribution < 1.29 is 22.5 Å². The summed E-state index contributed by atoms with van der Waals surface area (Å²) in [5.41, 5.74) is -4.58. The Balaban J connectivity index is 2.74. The molecule has 23 heavy (non-hydrogen) atoms. The first kappa shape index (κ1) is 16.9. The molecule has 1 heterocycles. The lowest BCUT2D eigenvalue weighted by Crippen LogP contribution is -2.22. The molecule has 0 fully saturated rings. The van der Waals surface area contributed by atoms with Crippen LogP contribution in [0.4, 0.5) is 23.2 Å². The Hall–Kier alpha value is -2.49. The van der Waals surface area contributed by atoms with Crippen molar-refractivity contribution in [3.8, 4) is 11.3 Å². The molecule has 0 saturated carbocycles. The van der Waals surface area contributed by atoms with Crippen LogP contribution in [0.25, 0.3) is 11.3 Å². The maximum atomic E-state index is 13.9. The van der Waals surface area contributed by atoms with Crippen LogP contribution in [-0.2, 0) is 13.2 Å². The molecule has 0 radical (unpaired) electrons. The van der Waals surface area contributed by atoms with Crippen LogP contribution < -0.4 is 5.43 Å². The predicted octanol–water partition coefficient (Wildman–Crippen LogP) is 3.17. The Bertz CT molecular complexity index is 864. The number of nitro groups is 1. The molecule has 0 atom stereocenters. The van der Waals surface area contributed by atoms with Gasteiger partial charge in [0.1, 0.15) is 22.2 Å². The fourth-order valence-corrected chi connectivity index (χ4v) is 2.07. The minimum absolute atomic E-state index is 0.238. The Kier molecular flexibility index (Phi) is 4.12. The highest BCUT2D eigenvalue weighted by molar-refractivity contribution is 6.32. The number of alkyl halides is 3. The van der Waals surface area contributed by atoms with Gasteiger partial charge in [0.15, 0.2) is 0 Å². The van der Waals surface area contributed by atoms with E-state index in [0.29, 0.717) is 16.8 Å². The van der Waals surface area contributed by atoms with Crippen molar-refractivity contribution in [2.45, 2.75) is 6.18 Å². The molecular weight excluding hydrogens is 346 g/mol. The third kappa shape index (κ3) is 3.16. The summed E-state index contributed by atoms with van der Waals surface area (Å²) in [5, 5.41) is 13.7. The van der Waals surface area contributed by atoms with Gasteiger partial charge in [-0.3, -0.25) is 19.6 Å². The molecule has 0 N–H and O–H groups in total. The highest BCUT2D eigenvalue weighted by Crippen LogP contribution is 2.32. The van der Waals surface area contributed by atoms with Crippen molar-refractivity contribution in [1.29, 1.82) is 0 Å². The van der Waals surface area contributed by atoms with Crippen LogP contribution in [0.2, 0.25) is 5.02 Å². The molecule has 122 valence electrons. The first-order valence-corrected chi connectivity index (χ1v) is 6.19. The summed E-state index contributed by atoms with van der Waals surface area (Å²) in [5.74, 6) is -1.12. The van der Waals surface area contributed by atoms with Gasteiger partial charge in [0, 0.05) is 30.8 Å². The van der Waals surface area contributed by atoms with Gasteiger partial charge in [0.05, 0.1) is 4.92 Å². The fourth-order valence-electron chi connectivity index (χ4n) is 1.85. The molecule has 2 rings (SSSR count). The molecule has 0 aliphatic heterocycles. The normalized spacial score (nSPS) is 11.6. The summed E-state index contributed by atoms with van der Waals surface area (Å²) in [4.78, 5) is 21.7. The lowest BCUT2D eigenvalue weighted by molar-refractivity contribution is -0.384. The van der Waals surface area contributed by atoms with E-state index in [4.69, 9.17) is 11.6 Å². The fraction of sp³-hybridized carbons (Fsp3) is 0.167. The maximum absolute atomic E-state index is 13.9. The summed E-state index contributed by atoms with van der Waals surface area (Å²) in [6.07, 6.45) is -4.83. The molecule has 2 aromatic rings. The maximum Gasteiger partial charge on any atom is 0.433 e. The van der Waals surface area contributed by atoms with E-state index in [1.54, 1.807) is 0 Å². The third-order valence-electron chi connectivity index (χ3n) is 2.88. The van der Waals surface area contributed by atoms with E-state index in [0.717, 1.165) is 7.05 Å². The number of halogens is 5. The SMILES string of the molecule is Cn1nc(-c2cc([N+](=O)[O-])c(Cl)cc2F)c(=O)cc1C(F)(F)F. The van der Waals surface area contributed by atoms with Crippen molar-refractivity contribution >= 4 is 17.3 Å². The van der Waals surface area contributed by atoms with Crippen LogP contribution in [0.15, 0.2) is 23.0 Å². The van der Waals surface area contributed by atoms with E-state index in [-0.39, 0.29) is 6.07 Å². The summed E-state index contributed by atoms with van der Waals surface area (Å²) in [6, 6.07) is 1.48. The quantitative estimate of drug-likeness (QED) is 0.473. The molecular formula is C12H6ClF4N3O3. The van der Waals surface area contributed by atoms with Gasteiger partial charge in [-0.05, 0) is 0 Å². The zero-order chi connectivity index (χ0) is 17.5. The van der Waals surface area contributed by atoms with Crippen molar-refractivity contribution in [3.05, 3.63) is 55.1 Å². The highest BCUT2D eigenvalue weighted by Gasteiger charge is 2.35. The number of aryl methyl sites for hydroxylation is 1. The van der Waals surface area contributed by atoms with E-state index in [2.05, 4.69) is 5.10 Å². The van der Waals surface area contributed by atoms with Gasteiger partial charge < -0.3 is 0 Å². The van der Waals surface area contributed by atoms with Crippen molar-refractivity contribution in [1.82, 2.24) is 9.78 Å². The van der Waals surface area contributed by atoms with Crippen LogP contribution in [0, 0.1) is 15.9 Å². The van der Waals surface area contributed by atoms with Crippen LogP contribution in [0.3, 0.4) is 0 Å². The van der Waals surface area contributed by atoms with Crippen LogP contribution in [-0.4, -0.2) is 14.7 Å². The second-order valence-electron chi connectivity index (χ2n) is 4.40. The summed E-state index contributed by atoms with van der Waals surface area (Å²) in [7, 11) is 0.911. The standard InChI is InChI=1S/C12H6ClF4N3O3/c1-19-10(12(15,16)17)4-9(21)11(18-19)5-2-8(20(22)23)6(13)3-7(5)14/h2-4H,1H3. The molecule has 0 bridgehead atoms. The molecule has 0 unspecified atom stereocenters. The third-order valence-corrected chi connectivity index (χ3v) is 3.18. The Morgan fingerprint density at radius 3 is 2.43 bits per heavy atom. The smallest absolute Gasteiger partial charge is 0.287 e. The average Bonchev–Trinajstić information content (AvgIpc) is 2.39. The molecule has 11 heteroatoms. The van der Waals surface area contributed by atoms with Gasteiger partial charge in [-0.15, -0.1) is 0 Å². The topological polar surface area (TPSA) is 78.0 Å². The second kappa shape index (κ2) is 5.61. The van der Waals surface area contributed by atoms with Gasteiger partial charge in [-0.25, -0.2) is 4.39 Å². The van der Waals surface area contributed by atoms with Crippen molar-refractivity contribution in [2.24, 2.45) is 7.05 Å². The zero-order valence-corrected chi connectivity index (χ0v) is 11.9. The summed E-state index contributed by atoms with van der Waals surface area (Å²) >= 11 is 5.51.